The van der Waals surface area contributed by atoms with Crippen LogP contribution >= 0.6 is 12.2 Å². The zero-order valence-electron chi connectivity index (χ0n) is 16.2. The molecule has 0 unspecified atom stereocenters. The lowest BCUT2D eigenvalue weighted by Gasteiger charge is -2.27. The SMILES string of the molecule is CCCn1c(-c2ccncc2)nn(C[NH+]2CCN(c3cccc[nH+]3)CC2)c1=S. The molecule has 0 radical (unpaired) electrons. The third-order valence-corrected chi connectivity index (χ3v) is 5.62. The van der Waals surface area contributed by atoms with Crippen molar-refractivity contribution in [3.63, 3.8) is 0 Å². The van der Waals surface area contributed by atoms with Gasteiger partial charge in [0.2, 0.25) is 4.77 Å². The summed E-state index contributed by atoms with van der Waals surface area (Å²) in [5.74, 6) is 2.12. The fraction of sp³-hybridized carbons (Fsp3) is 0.400. The molecule has 1 aliphatic heterocycles. The summed E-state index contributed by atoms with van der Waals surface area (Å²) in [5, 5.41) is 4.88. The van der Waals surface area contributed by atoms with Crippen molar-refractivity contribution in [2.45, 2.75) is 26.6 Å². The summed E-state index contributed by atoms with van der Waals surface area (Å²) >= 11 is 5.77. The summed E-state index contributed by atoms with van der Waals surface area (Å²) in [5.41, 5.74) is 1.06. The maximum atomic E-state index is 5.77. The van der Waals surface area contributed by atoms with E-state index in [0.29, 0.717) is 0 Å². The highest BCUT2D eigenvalue weighted by Crippen LogP contribution is 2.17. The Morgan fingerprint density at radius 3 is 2.61 bits per heavy atom. The molecule has 0 atom stereocenters. The van der Waals surface area contributed by atoms with Gasteiger partial charge in [-0.3, -0.25) is 14.5 Å². The smallest absolute Gasteiger partial charge is 0.274 e. The van der Waals surface area contributed by atoms with Crippen LogP contribution in [0.2, 0.25) is 0 Å². The zero-order valence-corrected chi connectivity index (χ0v) is 17.0. The number of piperazine rings is 1. The summed E-state index contributed by atoms with van der Waals surface area (Å²) < 4.78 is 4.96. The number of anilines is 1. The monoisotopic (exact) mass is 397 g/mol. The second kappa shape index (κ2) is 8.62. The molecule has 1 aliphatic rings. The average molecular weight is 398 g/mol. The lowest BCUT2D eigenvalue weighted by molar-refractivity contribution is -0.924. The third-order valence-electron chi connectivity index (χ3n) is 5.19. The van der Waals surface area contributed by atoms with Crippen LogP contribution in [0.1, 0.15) is 13.3 Å². The Bertz CT molecular complexity index is 944. The number of nitrogens with one attached hydrogen (secondary N) is 2. The van der Waals surface area contributed by atoms with Gasteiger partial charge in [-0.15, -0.1) is 5.10 Å². The van der Waals surface area contributed by atoms with Gasteiger partial charge in [-0.25, -0.2) is 4.98 Å². The minimum Gasteiger partial charge on any atom is -0.310 e. The molecule has 3 aromatic rings. The lowest BCUT2D eigenvalue weighted by Crippen LogP contribution is -3.14. The molecule has 4 rings (SSSR count). The van der Waals surface area contributed by atoms with Gasteiger partial charge in [0.15, 0.2) is 12.5 Å². The molecule has 1 fully saturated rings. The topological polar surface area (TPSA) is 57.5 Å². The average Bonchev–Trinajstić information content (AvgIpc) is 3.06. The normalized spacial score (nSPS) is 15.1. The van der Waals surface area contributed by atoms with Crippen LogP contribution in [-0.4, -0.2) is 45.5 Å². The predicted molar refractivity (Wildman–Crippen MR) is 110 cm³/mol. The third kappa shape index (κ3) is 3.98. The van der Waals surface area contributed by atoms with Crippen LogP contribution in [-0.2, 0) is 13.2 Å². The molecule has 1 saturated heterocycles. The van der Waals surface area contributed by atoms with Gasteiger partial charge in [0.05, 0.1) is 6.20 Å². The molecule has 0 saturated carbocycles. The molecule has 146 valence electrons. The number of aromatic amines is 1. The van der Waals surface area contributed by atoms with Gasteiger partial charge in [0, 0.05) is 30.6 Å². The molecular formula is C20H27N7S+2. The van der Waals surface area contributed by atoms with E-state index in [1.165, 1.54) is 10.7 Å². The Hall–Kier alpha value is -2.58. The van der Waals surface area contributed by atoms with Gasteiger partial charge in [-0.1, -0.05) is 13.0 Å². The van der Waals surface area contributed by atoms with E-state index < -0.39 is 0 Å². The highest BCUT2D eigenvalue weighted by Gasteiger charge is 2.26. The van der Waals surface area contributed by atoms with Gasteiger partial charge in [-0.05, 0) is 36.8 Å². The van der Waals surface area contributed by atoms with E-state index in [4.69, 9.17) is 17.3 Å². The van der Waals surface area contributed by atoms with Crippen LogP contribution in [0.4, 0.5) is 5.82 Å². The summed E-state index contributed by atoms with van der Waals surface area (Å²) in [6.45, 7) is 8.03. The van der Waals surface area contributed by atoms with Crippen molar-refractivity contribution < 1.29 is 9.88 Å². The second-order valence-corrected chi connectivity index (χ2v) is 7.50. The Balaban J connectivity index is 1.49. The zero-order chi connectivity index (χ0) is 19.3. The molecule has 0 spiro atoms. The molecule has 28 heavy (non-hydrogen) atoms. The molecule has 0 aromatic carbocycles. The van der Waals surface area contributed by atoms with Crippen molar-refractivity contribution in [2.24, 2.45) is 0 Å². The molecule has 3 aromatic heterocycles. The minimum absolute atomic E-state index is 0.806. The van der Waals surface area contributed by atoms with Crippen molar-refractivity contribution in [1.82, 2.24) is 19.3 Å². The summed E-state index contributed by atoms with van der Waals surface area (Å²) in [7, 11) is 0. The summed E-state index contributed by atoms with van der Waals surface area (Å²) in [6, 6.07) is 10.2. The fourth-order valence-corrected chi connectivity index (χ4v) is 3.98. The Morgan fingerprint density at radius 2 is 1.93 bits per heavy atom. The van der Waals surface area contributed by atoms with E-state index in [-0.39, 0.29) is 0 Å². The molecule has 7 nitrogen and oxygen atoms in total. The van der Waals surface area contributed by atoms with E-state index in [2.05, 4.69) is 38.5 Å². The minimum atomic E-state index is 0.806. The van der Waals surface area contributed by atoms with Crippen LogP contribution in [0.5, 0.6) is 0 Å². The van der Waals surface area contributed by atoms with Crippen LogP contribution in [0.15, 0.2) is 48.9 Å². The number of H-pyrrole nitrogens is 1. The predicted octanol–water partition coefficient (Wildman–Crippen LogP) is 1.06. The van der Waals surface area contributed by atoms with Crippen LogP contribution in [0.3, 0.4) is 0 Å². The Morgan fingerprint density at radius 1 is 1.14 bits per heavy atom. The van der Waals surface area contributed by atoms with Gasteiger partial charge in [-0.2, -0.15) is 4.68 Å². The lowest BCUT2D eigenvalue weighted by atomic mass is 10.2. The van der Waals surface area contributed by atoms with Gasteiger partial charge in [0.25, 0.3) is 5.82 Å². The highest BCUT2D eigenvalue weighted by molar-refractivity contribution is 7.71. The Labute approximate surface area is 170 Å². The van der Waals surface area contributed by atoms with E-state index in [0.717, 1.165) is 62.0 Å². The van der Waals surface area contributed by atoms with Crippen LogP contribution in [0.25, 0.3) is 11.4 Å². The molecule has 2 N–H and O–H groups in total. The van der Waals surface area contributed by atoms with E-state index in [1.54, 1.807) is 12.4 Å². The van der Waals surface area contributed by atoms with Crippen molar-refractivity contribution in [1.29, 1.82) is 0 Å². The second-order valence-electron chi connectivity index (χ2n) is 7.14. The van der Waals surface area contributed by atoms with Gasteiger partial charge >= 0.3 is 0 Å². The first-order valence-electron chi connectivity index (χ1n) is 9.89. The number of quaternary nitrogens is 1. The van der Waals surface area contributed by atoms with E-state index in [1.807, 2.05) is 29.1 Å². The summed E-state index contributed by atoms with van der Waals surface area (Å²) in [6.07, 6.45) is 6.61. The van der Waals surface area contributed by atoms with Gasteiger partial charge in [0.1, 0.15) is 26.2 Å². The van der Waals surface area contributed by atoms with Crippen molar-refractivity contribution >= 4 is 18.0 Å². The molecule has 4 heterocycles. The first-order valence-corrected chi connectivity index (χ1v) is 10.3. The molecule has 0 bridgehead atoms. The largest absolute Gasteiger partial charge is 0.310 e. The van der Waals surface area contributed by atoms with Crippen molar-refractivity contribution in [3.05, 3.63) is 53.7 Å². The fourth-order valence-electron chi connectivity index (χ4n) is 3.70. The molecule has 0 amide bonds. The number of pyridine rings is 2. The Kier molecular flexibility index (Phi) is 5.78. The van der Waals surface area contributed by atoms with E-state index >= 15 is 0 Å². The maximum absolute atomic E-state index is 5.77. The number of hydrogen-bond donors (Lipinski definition) is 1. The van der Waals surface area contributed by atoms with Crippen molar-refractivity contribution in [2.75, 3.05) is 31.1 Å². The van der Waals surface area contributed by atoms with Crippen LogP contribution in [0, 0.1) is 4.77 Å². The highest BCUT2D eigenvalue weighted by atomic mass is 32.1. The van der Waals surface area contributed by atoms with Gasteiger partial charge < -0.3 is 4.90 Å². The standard InChI is InChI=1S/C20H25N7S/c1-2-11-26-19(17-6-9-21-10-7-17)23-27(20(26)28)16-24-12-14-25(15-13-24)18-5-3-4-8-22-18/h3-10H,2,11-16H2,1H3/p+2. The molecular weight excluding hydrogens is 370 g/mol. The quantitative estimate of drug-likeness (QED) is 0.632. The molecule has 8 heteroatoms. The number of rotatable bonds is 6. The number of aromatic nitrogens is 5. The molecule has 0 aliphatic carbocycles. The number of nitrogens with zero attached hydrogens (tertiary/aromatic N) is 5. The van der Waals surface area contributed by atoms with Crippen LogP contribution < -0.4 is 14.8 Å². The first kappa shape index (κ1) is 18.8. The maximum Gasteiger partial charge on any atom is 0.274 e. The van der Waals surface area contributed by atoms with Crippen molar-refractivity contribution in [3.8, 4) is 11.4 Å². The van der Waals surface area contributed by atoms with E-state index in [9.17, 15) is 0 Å². The first-order chi connectivity index (χ1) is 13.8. The number of hydrogen-bond acceptors (Lipinski definition) is 4. The summed E-state index contributed by atoms with van der Waals surface area (Å²) in [4.78, 5) is 11.4.